The first kappa shape index (κ1) is 16.0. The van der Waals surface area contributed by atoms with E-state index in [9.17, 15) is 14.7 Å². The summed E-state index contributed by atoms with van der Waals surface area (Å²) in [6.45, 7) is 0. The van der Waals surface area contributed by atoms with Crippen LogP contribution in [0.4, 0.5) is 0 Å². The Balaban J connectivity index is 2.26. The number of carbonyl (C=O) groups is 2. The third-order valence-electron chi connectivity index (χ3n) is 4.17. The van der Waals surface area contributed by atoms with Gasteiger partial charge in [0, 0.05) is 22.8 Å². The lowest BCUT2D eigenvalue weighted by atomic mass is 9.87. The van der Waals surface area contributed by atoms with Crippen LogP contribution in [0.15, 0.2) is 36.4 Å². The van der Waals surface area contributed by atoms with Crippen LogP contribution in [-0.2, 0) is 5.60 Å². The number of methoxy groups -OCH3 is 3. The standard InChI is InChI=1S/C18H16O6/c1-22-13-9-15(24-3)14(23-2)8-12(13)18(21)16(19)10-6-4-5-7-11(10)17(18)20/h4-9,21H,1-3H3. The Hall–Kier alpha value is -2.86. The van der Waals surface area contributed by atoms with Crippen molar-refractivity contribution in [2.24, 2.45) is 0 Å². The number of hydrogen-bond donors (Lipinski definition) is 1. The molecule has 6 nitrogen and oxygen atoms in total. The SMILES string of the molecule is COc1cc(OC)c(C2(O)C(=O)c3ccccc3C2=O)cc1OC. The molecule has 0 fully saturated rings. The molecule has 0 saturated heterocycles. The van der Waals surface area contributed by atoms with Gasteiger partial charge in [0.05, 0.1) is 21.3 Å². The van der Waals surface area contributed by atoms with Crippen LogP contribution >= 0.6 is 0 Å². The van der Waals surface area contributed by atoms with E-state index in [2.05, 4.69) is 0 Å². The molecule has 0 aliphatic heterocycles. The van der Waals surface area contributed by atoms with Crippen molar-refractivity contribution < 1.29 is 28.9 Å². The first-order valence-electron chi connectivity index (χ1n) is 7.20. The molecule has 1 aliphatic carbocycles. The van der Waals surface area contributed by atoms with Gasteiger partial charge >= 0.3 is 0 Å². The number of aliphatic hydroxyl groups is 1. The summed E-state index contributed by atoms with van der Waals surface area (Å²) in [5, 5.41) is 11.0. The maximum absolute atomic E-state index is 12.8. The molecule has 6 heteroatoms. The van der Waals surface area contributed by atoms with E-state index in [1.807, 2.05) is 0 Å². The van der Waals surface area contributed by atoms with Crippen molar-refractivity contribution in [1.82, 2.24) is 0 Å². The summed E-state index contributed by atoms with van der Waals surface area (Å²) in [6, 6.07) is 9.17. The molecule has 0 bridgehead atoms. The Kier molecular flexibility index (Phi) is 3.77. The number of carbonyl (C=O) groups excluding carboxylic acids is 2. The molecule has 0 spiro atoms. The molecule has 0 saturated carbocycles. The van der Waals surface area contributed by atoms with Gasteiger partial charge in [-0.2, -0.15) is 0 Å². The third-order valence-corrected chi connectivity index (χ3v) is 4.17. The first-order chi connectivity index (χ1) is 11.5. The van der Waals surface area contributed by atoms with Crippen LogP contribution in [0.2, 0.25) is 0 Å². The summed E-state index contributed by atoms with van der Waals surface area (Å²) < 4.78 is 15.7. The highest BCUT2D eigenvalue weighted by Gasteiger charge is 2.54. The lowest BCUT2D eigenvalue weighted by Crippen LogP contribution is -2.38. The topological polar surface area (TPSA) is 82.1 Å². The minimum absolute atomic E-state index is 0.0221. The van der Waals surface area contributed by atoms with Crippen molar-refractivity contribution in [2.75, 3.05) is 21.3 Å². The van der Waals surface area contributed by atoms with E-state index in [0.29, 0.717) is 5.75 Å². The number of fused-ring (bicyclic) bond motifs is 1. The van der Waals surface area contributed by atoms with Gasteiger partial charge in [0.25, 0.3) is 0 Å². The number of ether oxygens (including phenoxy) is 3. The van der Waals surface area contributed by atoms with E-state index >= 15 is 0 Å². The van der Waals surface area contributed by atoms with Gasteiger partial charge in [0.15, 0.2) is 11.5 Å². The molecule has 1 aliphatic rings. The molecule has 2 aromatic carbocycles. The highest BCUT2D eigenvalue weighted by atomic mass is 16.5. The average molecular weight is 328 g/mol. The maximum Gasteiger partial charge on any atom is 0.220 e. The molecule has 0 unspecified atom stereocenters. The molecule has 1 N–H and O–H groups in total. The molecule has 0 radical (unpaired) electrons. The molecule has 0 aromatic heterocycles. The first-order valence-corrected chi connectivity index (χ1v) is 7.20. The van der Waals surface area contributed by atoms with E-state index in [4.69, 9.17) is 14.2 Å². The van der Waals surface area contributed by atoms with E-state index in [1.54, 1.807) is 12.1 Å². The van der Waals surface area contributed by atoms with Crippen LogP contribution in [0.5, 0.6) is 17.2 Å². The van der Waals surface area contributed by atoms with Crippen molar-refractivity contribution in [1.29, 1.82) is 0 Å². The van der Waals surface area contributed by atoms with Gasteiger partial charge in [-0.15, -0.1) is 0 Å². The predicted molar refractivity (Wildman–Crippen MR) is 85.1 cm³/mol. The Morgan fingerprint density at radius 3 is 1.71 bits per heavy atom. The summed E-state index contributed by atoms with van der Waals surface area (Å²) in [7, 11) is 4.25. The maximum atomic E-state index is 12.8. The minimum atomic E-state index is -2.35. The molecule has 2 aromatic rings. The zero-order valence-corrected chi connectivity index (χ0v) is 13.5. The molecular weight excluding hydrogens is 312 g/mol. The summed E-state index contributed by atoms with van der Waals surface area (Å²) in [4.78, 5) is 25.5. The lowest BCUT2D eigenvalue weighted by molar-refractivity contribution is 0.0311. The van der Waals surface area contributed by atoms with Crippen molar-refractivity contribution in [3.63, 3.8) is 0 Å². The quantitative estimate of drug-likeness (QED) is 0.864. The van der Waals surface area contributed by atoms with E-state index < -0.39 is 17.2 Å². The van der Waals surface area contributed by atoms with Crippen LogP contribution in [0.1, 0.15) is 26.3 Å². The zero-order chi connectivity index (χ0) is 17.5. The third kappa shape index (κ3) is 2.00. The van der Waals surface area contributed by atoms with E-state index in [-0.39, 0.29) is 28.2 Å². The normalized spacial score (nSPS) is 15.2. The van der Waals surface area contributed by atoms with Crippen molar-refractivity contribution in [2.45, 2.75) is 5.60 Å². The second-order valence-electron chi connectivity index (χ2n) is 5.32. The smallest absolute Gasteiger partial charge is 0.220 e. The number of hydrogen-bond acceptors (Lipinski definition) is 6. The van der Waals surface area contributed by atoms with Gasteiger partial charge in [-0.25, -0.2) is 0 Å². The average Bonchev–Trinajstić information content (AvgIpc) is 2.83. The number of Topliss-reactive ketones (excluding diaryl/α,β-unsaturated/α-hetero) is 2. The van der Waals surface area contributed by atoms with Gasteiger partial charge in [-0.05, 0) is 6.07 Å². The molecule has 0 heterocycles. The van der Waals surface area contributed by atoms with Crippen molar-refractivity contribution in [3.8, 4) is 17.2 Å². The Bertz CT molecular complexity index is 804. The van der Waals surface area contributed by atoms with Gasteiger partial charge in [0.1, 0.15) is 5.75 Å². The fraction of sp³-hybridized carbons (Fsp3) is 0.222. The summed E-state index contributed by atoms with van der Waals surface area (Å²) >= 11 is 0. The highest BCUT2D eigenvalue weighted by Crippen LogP contribution is 2.45. The van der Waals surface area contributed by atoms with Crippen LogP contribution in [0.25, 0.3) is 0 Å². The Morgan fingerprint density at radius 2 is 1.25 bits per heavy atom. The number of benzene rings is 2. The van der Waals surface area contributed by atoms with Gasteiger partial charge in [0.2, 0.25) is 17.2 Å². The molecule has 24 heavy (non-hydrogen) atoms. The van der Waals surface area contributed by atoms with Gasteiger partial charge in [-0.3, -0.25) is 9.59 Å². The monoisotopic (exact) mass is 328 g/mol. The summed E-state index contributed by atoms with van der Waals surface area (Å²) in [5.74, 6) is -0.581. The van der Waals surface area contributed by atoms with E-state index in [1.165, 1.54) is 45.6 Å². The molecule has 124 valence electrons. The summed E-state index contributed by atoms with van der Waals surface area (Å²) in [5.41, 5.74) is -1.97. The Labute approximate surface area is 138 Å². The van der Waals surface area contributed by atoms with Crippen LogP contribution in [0, 0.1) is 0 Å². The number of ketones is 2. The second-order valence-corrected chi connectivity index (χ2v) is 5.32. The fourth-order valence-electron chi connectivity index (χ4n) is 2.93. The van der Waals surface area contributed by atoms with Gasteiger partial charge < -0.3 is 19.3 Å². The van der Waals surface area contributed by atoms with Crippen LogP contribution < -0.4 is 14.2 Å². The van der Waals surface area contributed by atoms with Crippen LogP contribution in [-0.4, -0.2) is 38.0 Å². The molecule has 0 atom stereocenters. The second kappa shape index (κ2) is 5.65. The predicted octanol–water partition coefficient (Wildman–Crippen LogP) is 1.98. The zero-order valence-electron chi connectivity index (χ0n) is 13.5. The largest absolute Gasteiger partial charge is 0.496 e. The molecular formula is C18H16O6. The fourth-order valence-corrected chi connectivity index (χ4v) is 2.93. The number of rotatable bonds is 4. The molecule has 0 amide bonds. The summed E-state index contributed by atoms with van der Waals surface area (Å²) in [6.07, 6.45) is 0. The van der Waals surface area contributed by atoms with Crippen molar-refractivity contribution in [3.05, 3.63) is 53.1 Å². The van der Waals surface area contributed by atoms with Crippen LogP contribution in [0.3, 0.4) is 0 Å². The lowest BCUT2D eigenvalue weighted by Gasteiger charge is -2.23. The van der Waals surface area contributed by atoms with Crippen molar-refractivity contribution >= 4 is 11.6 Å². The van der Waals surface area contributed by atoms with E-state index in [0.717, 1.165) is 0 Å². The molecule has 3 rings (SSSR count). The highest BCUT2D eigenvalue weighted by molar-refractivity contribution is 6.32. The van der Waals surface area contributed by atoms with Gasteiger partial charge in [-0.1, -0.05) is 24.3 Å². The minimum Gasteiger partial charge on any atom is -0.496 e. The Morgan fingerprint density at radius 1 is 0.792 bits per heavy atom.